The van der Waals surface area contributed by atoms with Crippen LogP contribution in [0.4, 0.5) is 5.69 Å². The van der Waals surface area contributed by atoms with E-state index in [1.807, 2.05) is 19.1 Å². The number of hydrogen-bond donors (Lipinski definition) is 1. The first-order valence-electron chi connectivity index (χ1n) is 5.90. The molecule has 102 valence electrons. The van der Waals surface area contributed by atoms with Crippen LogP contribution >= 0.6 is 15.9 Å². The van der Waals surface area contributed by atoms with Crippen molar-refractivity contribution in [3.05, 3.63) is 22.2 Å². The summed E-state index contributed by atoms with van der Waals surface area (Å²) in [6.07, 6.45) is 0.904. The largest absolute Gasteiger partial charge is 0.490 e. The van der Waals surface area contributed by atoms with Crippen molar-refractivity contribution in [3.63, 3.8) is 0 Å². The van der Waals surface area contributed by atoms with Gasteiger partial charge in [-0.15, -0.1) is 0 Å². The van der Waals surface area contributed by atoms with Crippen molar-refractivity contribution in [1.82, 2.24) is 0 Å². The monoisotopic (exact) mass is 317 g/mol. The molecular formula is C13H20BrNO3. The molecule has 1 aromatic carbocycles. The van der Waals surface area contributed by atoms with Crippen molar-refractivity contribution in [3.8, 4) is 5.75 Å². The first kappa shape index (κ1) is 15.3. The molecule has 0 aromatic heterocycles. The predicted molar refractivity (Wildman–Crippen MR) is 76.1 cm³/mol. The Bertz CT molecular complexity index is 371. The van der Waals surface area contributed by atoms with Gasteiger partial charge in [-0.3, -0.25) is 0 Å². The van der Waals surface area contributed by atoms with Gasteiger partial charge in [-0.25, -0.2) is 0 Å². The highest BCUT2D eigenvalue weighted by molar-refractivity contribution is 9.10. The van der Waals surface area contributed by atoms with Gasteiger partial charge in [0.15, 0.2) is 0 Å². The molecule has 0 aliphatic carbocycles. The first-order valence-corrected chi connectivity index (χ1v) is 6.69. The fraction of sp³-hybridized carbons (Fsp3) is 0.538. The number of nitrogen functional groups attached to an aromatic ring is 1. The van der Waals surface area contributed by atoms with E-state index in [9.17, 15) is 0 Å². The van der Waals surface area contributed by atoms with E-state index < -0.39 is 0 Å². The Morgan fingerprint density at radius 3 is 2.67 bits per heavy atom. The zero-order valence-electron chi connectivity index (χ0n) is 10.9. The summed E-state index contributed by atoms with van der Waals surface area (Å²) in [7, 11) is 1.68. The highest BCUT2D eigenvalue weighted by Gasteiger charge is 2.04. The molecule has 0 atom stereocenters. The average molecular weight is 318 g/mol. The first-order chi connectivity index (χ1) is 8.65. The Morgan fingerprint density at radius 2 is 1.94 bits per heavy atom. The lowest BCUT2D eigenvalue weighted by atomic mass is 10.2. The topological polar surface area (TPSA) is 53.7 Å². The standard InChI is InChI=1S/C13H20BrNO3/c1-10-8-13(11(14)9-12(10)15)18-7-6-17-5-3-4-16-2/h8-9H,3-7,15H2,1-2H3. The number of nitrogens with two attached hydrogens (primary N) is 1. The van der Waals surface area contributed by atoms with Crippen molar-refractivity contribution < 1.29 is 14.2 Å². The van der Waals surface area contributed by atoms with E-state index in [-0.39, 0.29) is 0 Å². The molecule has 0 unspecified atom stereocenters. The van der Waals surface area contributed by atoms with Crippen LogP contribution in [0.25, 0.3) is 0 Å². The molecule has 0 bridgehead atoms. The molecule has 0 spiro atoms. The second-order valence-corrected chi connectivity index (χ2v) is 4.80. The molecule has 0 radical (unpaired) electrons. The van der Waals surface area contributed by atoms with E-state index in [4.69, 9.17) is 19.9 Å². The molecular weight excluding hydrogens is 298 g/mol. The zero-order valence-corrected chi connectivity index (χ0v) is 12.5. The van der Waals surface area contributed by atoms with Crippen LogP contribution < -0.4 is 10.5 Å². The number of hydrogen-bond acceptors (Lipinski definition) is 4. The fourth-order valence-electron chi connectivity index (χ4n) is 1.40. The predicted octanol–water partition coefficient (Wildman–Crippen LogP) is 2.77. The highest BCUT2D eigenvalue weighted by atomic mass is 79.9. The van der Waals surface area contributed by atoms with Crippen LogP contribution in [0.5, 0.6) is 5.75 Å². The minimum absolute atomic E-state index is 0.523. The van der Waals surface area contributed by atoms with E-state index in [1.165, 1.54) is 0 Å². The molecule has 0 heterocycles. The SMILES string of the molecule is COCCCOCCOc1cc(C)c(N)cc1Br. The Hall–Kier alpha value is -0.780. The van der Waals surface area contributed by atoms with Gasteiger partial charge in [0.1, 0.15) is 12.4 Å². The second kappa shape index (κ2) is 8.34. The van der Waals surface area contributed by atoms with Crippen LogP contribution in [0.2, 0.25) is 0 Å². The summed E-state index contributed by atoms with van der Waals surface area (Å²) >= 11 is 3.42. The Kier molecular flexibility index (Phi) is 7.08. The van der Waals surface area contributed by atoms with Crippen LogP contribution in [0.15, 0.2) is 16.6 Å². The molecule has 0 saturated heterocycles. The maximum Gasteiger partial charge on any atom is 0.134 e. The molecule has 18 heavy (non-hydrogen) atoms. The van der Waals surface area contributed by atoms with E-state index in [1.54, 1.807) is 7.11 Å². The molecule has 1 rings (SSSR count). The van der Waals surface area contributed by atoms with E-state index >= 15 is 0 Å². The van der Waals surface area contributed by atoms with Gasteiger partial charge in [0, 0.05) is 26.0 Å². The lowest BCUT2D eigenvalue weighted by Gasteiger charge is -2.11. The number of methoxy groups -OCH3 is 1. The van der Waals surface area contributed by atoms with Crippen LogP contribution in [0.1, 0.15) is 12.0 Å². The number of aryl methyl sites for hydroxylation is 1. The second-order valence-electron chi connectivity index (χ2n) is 3.95. The van der Waals surface area contributed by atoms with Gasteiger partial charge in [-0.2, -0.15) is 0 Å². The van der Waals surface area contributed by atoms with Gasteiger partial charge in [-0.05, 0) is 47.0 Å². The molecule has 0 saturated carbocycles. The van der Waals surface area contributed by atoms with Gasteiger partial charge in [0.25, 0.3) is 0 Å². The van der Waals surface area contributed by atoms with Gasteiger partial charge in [0.05, 0.1) is 11.1 Å². The third-order valence-electron chi connectivity index (χ3n) is 2.44. The molecule has 4 nitrogen and oxygen atoms in total. The fourth-order valence-corrected chi connectivity index (χ4v) is 1.87. The van der Waals surface area contributed by atoms with Crippen molar-refractivity contribution in [2.24, 2.45) is 0 Å². The van der Waals surface area contributed by atoms with Crippen molar-refractivity contribution in [2.75, 3.05) is 39.3 Å². The van der Waals surface area contributed by atoms with E-state index in [0.29, 0.717) is 19.8 Å². The third kappa shape index (κ3) is 5.25. The van der Waals surface area contributed by atoms with E-state index in [0.717, 1.165) is 34.5 Å². The van der Waals surface area contributed by atoms with Crippen LogP contribution in [-0.2, 0) is 9.47 Å². The maximum atomic E-state index is 5.79. The van der Waals surface area contributed by atoms with Crippen molar-refractivity contribution >= 4 is 21.6 Å². The number of anilines is 1. The molecule has 0 fully saturated rings. The smallest absolute Gasteiger partial charge is 0.134 e. The highest BCUT2D eigenvalue weighted by Crippen LogP contribution is 2.29. The van der Waals surface area contributed by atoms with E-state index in [2.05, 4.69) is 15.9 Å². The van der Waals surface area contributed by atoms with Crippen LogP contribution in [0.3, 0.4) is 0 Å². The quantitative estimate of drug-likeness (QED) is 0.591. The summed E-state index contributed by atoms with van der Waals surface area (Å²) in [6.45, 7) is 4.47. The summed E-state index contributed by atoms with van der Waals surface area (Å²) in [6, 6.07) is 3.77. The number of halogens is 1. The van der Waals surface area contributed by atoms with Crippen LogP contribution in [0, 0.1) is 6.92 Å². The van der Waals surface area contributed by atoms with Crippen molar-refractivity contribution in [1.29, 1.82) is 0 Å². The average Bonchev–Trinajstić information content (AvgIpc) is 2.34. The molecule has 0 amide bonds. The molecule has 0 aliphatic heterocycles. The molecule has 5 heteroatoms. The van der Waals surface area contributed by atoms with Gasteiger partial charge >= 0.3 is 0 Å². The van der Waals surface area contributed by atoms with Gasteiger partial charge < -0.3 is 19.9 Å². The Labute approximate surface area is 117 Å². The number of rotatable bonds is 8. The number of ether oxygens (including phenoxy) is 3. The van der Waals surface area contributed by atoms with Gasteiger partial charge in [-0.1, -0.05) is 0 Å². The lowest BCUT2D eigenvalue weighted by molar-refractivity contribution is 0.0804. The lowest BCUT2D eigenvalue weighted by Crippen LogP contribution is -2.09. The molecule has 0 aliphatic rings. The maximum absolute atomic E-state index is 5.79. The third-order valence-corrected chi connectivity index (χ3v) is 3.06. The summed E-state index contributed by atoms with van der Waals surface area (Å²) in [5.41, 5.74) is 7.55. The summed E-state index contributed by atoms with van der Waals surface area (Å²) < 4.78 is 16.8. The number of benzene rings is 1. The Balaban J connectivity index is 2.25. The normalized spacial score (nSPS) is 10.6. The Morgan fingerprint density at radius 1 is 1.17 bits per heavy atom. The summed E-state index contributed by atoms with van der Waals surface area (Å²) in [4.78, 5) is 0. The molecule has 2 N–H and O–H groups in total. The summed E-state index contributed by atoms with van der Waals surface area (Å²) in [5, 5.41) is 0. The zero-order chi connectivity index (χ0) is 13.4. The van der Waals surface area contributed by atoms with Crippen molar-refractivity contribution in [2.45, 2.75) is 13.3 Å². The summed E-state index contributed by atoms with van der Waals surface area (Å²) in [5.74, 6) is 0.794. The van der Waals surface area contributed by atoms with Gasteiger partial charge in [0.2, 0.25) is 0 Å². The minimum Gasteiger partial charge on any atom is -0.490 e. The molecule has 1 aromatic rings. The van der Waals surface area contributed by atoms with Crippen LogP contribution in [-0.4, -0.2) is 33.5 Å². The minimum atomic E-state index is 0.523.